The summed E-state index contributed by atoms with van der Waals surface area (Å²) in [5.41, 5.74) is 12.1. The summed E-state index contributed by atoms with van der Waals surface area (Å²) in [6, 6.07) is 13.6. The first-order valence-corrected chi connectivity index (χ1v) is 19.4. The van der Waals surface area contributed by atoms with E-state index in [2.05, 4.69) is 17.1 Å². The number of hydrogen-bond acceptors (Lipinski definition) is 14. The standard InChI is InChI=1S/C37H37N3O12S2/c38-36(39)40-15-37(49)32(45)31(34(47)48)52-35(33(37)46)51-26-13-25-28(30(44)29(26)43)23(42)12-24(50-25)27-19-10-20(41)11-22(27)18-8-16-4-1-2-6-21(16)17(9-18)5-3-7-53-54-14-19/h1-2,4,6,8,10-13,17,31-33,35,41,43-46,49H,3,5,7,9,14-15H2,(H,47,48)(H4,38,39,40). The lowest BCUT2D eigenvalue weighted by atomic mass is 9.77. The molecule has 0 amide bonds. The molecule has 17 heteroatoms. The molecule has 4 bridgehead atoms. The number of aromatic hydroxyl groups is 3. The number of guanidine groups is 1. The second kappa shape index (κ2) is 14.7. The number of carboxylic acids is 1. The summed E-state index contributed by atoms with van der Waals surface area (Å²) in [7, 11) is 3.30. The Morgan fingerprint density at radius 2 is 1.81 bits per heavy atom. The van der Waals surface area contributed by atoms with Crippen LogP contribution in [0.15, 0.2) is 62.7 Å². The average Bonchev–Trinajstić information content (AvgIpc) is 3.13. The number of allylic oxidation sites excluding steroid dienone is 1. The monoisotopic (exact) mass is 779 g/mol. The normalized spacial score (nSPS) is 25.4. The van der Waals surface area contributed by atoms with E-state index in [1.54, 1.807) is 33.7 Å². The molecule has 2 aliphatic heterocycles. The minimum absolute atomic E-state index is 0.0275. The van der Waals surface area contributed by atoms with Crippen molar-refractivity contribution in [2.24, 2.45) is 16.5 Å². The van der Waals surface area contributed by atoms with Crippen LogP contribution in [0.1, 0.15) is 47.4 Å². The number of fused-ring (bicyclic) bond motifs is 8. The molecule has 0 spiro atoms. The highest BCUT2D eigenvalue weighted by Crippen LogP contribution is 2.48. The highest BCUT2D eigenvalue weighted by Gasteiger charge is 2.58. The molecule has 1 aromatic heterocycles. The van der Waals surface area contributed by atoms with Crippen molar-refractivity contribution in [3.63, 3.8) is 0 Å². The quantitative estimate of drug-likeness (QED) is 0.0588. The van der Waals surface area contributed by atoms with Gasteiger partial charge in [0.1, 0.15) is 40.3 Å². The summed E-state index contributed by atoms with van der Waals surface area (Å²) < 4.78 is 17.3. The maximum atomic E-state index is 13.7. The van der Waals surface area contributed by atoms with Crippen LogP contribution in [-0.4, -0.2) is 90.2 Å². The summed E-state index contributed by atoms with van der Waals surface area (Å²) in [5, 5.41) is 75.2. The minimum atomic E-state index is -2.72. The van der Waals surface area contributed by atoms with Crippen molar-refractivity contribution < 1.29 is 54.4 Å². The second-order valence-corrected chi connectivity index (χ2v) is 16.0. The van der Waals surface area contributed by atoms with Gasteiger partial charge in [0.2, 0.25) is 12.0 Å². The lowest BCUT2D eigenvalue weighted by Gasteiger charge is -2.45. The van der Waals surface area contributed by atoms with Crippen LogP contribution in [0.3, 0.4) is 0 Å². The molecule has 6 unspecified atom stereocenters. The number of hydrogen-bond donors (Lipinski definition) is 9. The molecule has 1 fully saturated rings. The molecule has 0 saturated carbocycles. The predicted octanol–water partition coefficient (Wildman–Crippen LogP) is 3.19. The zero-order chi connectivity index (χ0) is 38.5. The number of nitrogens with two attached hydrogens (primary N) is 2. The molecule has 1 aliphatic carbocycles. The molecule has 3 heterocycles. The Balaban J connectivity index is 1.36. The van der Waals surface area contributed by atoms with Crippen molar-refractivity contribution in [3.8, 4) is 34.3 Å². The third-order valence-corrected chi connectivity index (χ3v) is 12.3. The molecule has 0 radical (unpaired) electrons. The van der Waals surface area contributed by atoms with Crippen LogP contribution >= 0.6 is 21.6 Å². The third kappa shape index (κ3) is 6.82. The largest absolute Gasteiger partial charge is 0.508 e. The van der Waals surface area contributed by atoms with Crippen LogP contribution in [0.25, 0.3) is 33.9 Å². The van der Waals surface area contributed by atoms with Crippen LogP contribution in [0.4, 0.5) is 0 Å². The highest BCUT2D eigenvalue weighted by molar-refractivity contribution is 8.76. The number of phenolic OH excluding ortho intramolecular Hbond substituents is 3. The van der Waals surface area contributed by atoms with E-state index in [9.17, 15) is 45.3 Å². The van der Waals surface area contributed by atoms with E-state index in [1.807, 2.05) is 18.2 Å². The number of aliphatic hydroxyl groups excluding tert-OH is 2. The van der Waals surface area contributed by atoms with Gasteiger partial charge < -0.3 is 61.1 Å². The van der Waals surface area contributed by atoms with Gasteiger partial charge in [-0.15, -0.1) is 0 Å². The number of aliphatic carboxylic acids is 1. The molecule has 1 saturated heterocycles. The Hall–Kier alpha value is -4.91. The van der Waals surface area contributed by atoms with Gasteiger partial charge >= 0.3 is 5.97 Å². The van der Waals surface area contributed by atoms with E-state index < -0.39 is 76.7 Å². The van der Waals surface area contributed by atoms with Crippen molar-refractivity contribution >= 4 is 56.1 Å². The van der Waals surface area contributed by atoms with Gasteiger partial charge in [-0.25, -0.2) is 4.79 Å². The second-order valence-electron chi connectivity index (χ2n) is 13.4. The molecule has 4 aromatic rings. The Bertz CT molecular complexity index is 2260. The Labute approximate surface area is 314 Å². The van der Waals surface area contributed by atoms with Crippen molar-refractivity contribution in [3.05, 3.63) is 81.0 Å². The van der Waals surface area contributed by atoms with Crippen molar-refractivity contribution in [2.45, 2.75) is 61.1 Å². The lowest BCUT2D eigenvalue weighted by molar-refractivity contribution is -0.303. The van der Waals surface area contributed by atoms with Crippen molar-refractivity contribution in [1.82, 2.24) is 0 Å². The van der Waals surface area contributed by atoms with Crippen LogP contribution in [0.2, 0.25) is 0 Å². The smallest absolute Gasteiger partial charge is 0.335 e. The maximum Gasteiger partial charge on any atom is 0.335 e. The number of phenols is 3. The maximum absolute atomic E-state index is 13.7. The number of rotatable bonds is 6. The van der Waals surface area contributed by atoms with Gasteiger partial charge in [0.05, 0.1) is 6.54 Å². The van der Waals surface area contributed by atoms with E-state index >= 15 is 0 Å². The number of ether oxygens (including phenoxy) is 2. The molecule has 11 N–H and O–H groups in total. The number of aliphatic imine (C=N–C) groups is 1. The predicted molar refractivity (Wildman–Crippen MR) is 202 cm³/mol. The number of carboxylic acid groups (broad SMARTS) is 1. The van der Waals surface area contributed by atoms with E-state index in [-0.39, 0.29) is 23.0 Å². The summed E-state index contributed by atoms with van der Waals surface area (Å²) >= 11 is 0. The van der Waals surface area contributed by atoms with E-state index in [0.29, 0.717) is 28.9 Å². The first-order valence-electron chi connectivity index (χ1n) is 16.9. The fourth-order valence-corrected chi connectivity index (χ4v) is 9.42. The van der Waals surface area contributed by atoms with Gasteiger partial charge in [-0.1, -0.05) is 51.9 Å². The summed E-state index contributed by atoms with van der Waals surface area (Å²) in [6.07, 6.45) is -4.01. The lowest BCUT2D eigenvalue weighted by Crippen LogP contribution is -2.70. The number of aliphatic hydroxyl groups is 3. The molecule has 54 heavy (non-hydrogen) atoms. The zero-order valence-corrected chi connectivity index (χ0v) is 30.0. The summed E-state index contributed by atoms with van der Waals surface area (Å²) in [4.78, 5) is 29.3. The molecule has 3 aliphatic rings. The highest BCUT2D eigenvalue weighted by atomic mass is 33.1. The van der Waals surface area contributed by atoms with Crippen LogP contribution in [0, 0.1) is 0 Å². The first kappa shape index (κ1) is 37.4. The molecular weight excluding hydrogens is 743 g/mol. The molecular formula is C37H37N3O12S2. The average molecular weight is 780 g/mol. The van der Waals surface area contributed by atoms with E-state index in [4.69, 9.17) is 25.4 Å². The van der Waals surface area contributed by atoms with E-state index in [0.717, 1.165) is 35.8 Å². The molecule has 7 rings (SSSR count). The van der Waals surface area contributed by atoms with Crippen molar-refractivity contribution in [1.29, 1.82) is 0 Å². The minimum Gasteiger partial charge on any atom is -0.508 e. The molecule has 15 nitrogen and oxygen atoms in total. The number of nitrogens with zero attached hydrogens (tertiary/aromatic N) is 1. The van der Waals surface area contributed by atoms with E-state index in [1.165, 1.54) is 11.6 Å². The molecule has 6 atom stereocenters. The Kier molecular flexibility index (Phi) is 10.2. The fourth-order valence-electron chi connectivity index (χ4n) is 7.24. The van der Waals surface area contributed by atoms with Crippen LogP contribution in [0.5, 0.6) is 23.0 Å². The van der Waals surface area contributed by atoms with Gasteiger partial charge in [-0.05, 0) is 65.1 Å². The summed E-state index contributed by atoms with van der Waals surface area (Å²) in [6.45, 7) is -0.866. The topological polar surface area (TPSA) is 272 Å². The number of benzene rings is 3. The third-order valence-electron chi connectivity index (χ3n) is 9.89. The van der Waals surface area contributed by atoms with Gasteiger partial charge in [0, 0.05) is 29.2 Å². The number of carbonyl (C=O) groups is 1. The molecule has 3 aromatic carbocycles. The van der Waals surface area contributed by atoms with Gasteiger partial charge in [-0.2, -0.15) is 0 Å². The van der Waals surface area contributed by atoms with Gasteiger partial charge in [0.25, 0.3) is 0 Å². The van der Waals surface area contributed by atoms with Crippen LogP contribution < -0.4 is 21.6 Å². The van der Waals surface area contributed by atoms with Gasteiger partial charge in [-0.3, -0.25) is 9.79 Å². The van der Waals surface area contributed by atoms with Crippen LogP contribution in [-0.2, 0) is 15.3 Å². The Morgan fingerprint density at radius 1 is 1.04 bits per heavy atom. The Morgan fingerprint density at radius 3 is 2.57 bits per heavy atom. The molecule has 284 valence electrons. The SMILES string of the molecule is NC(N)=NCC1(O)C(O)C(Oc2cc3oc(-c4c5cc(O)cc4C4=Cc6ccccc6C(CCCSSC5)C4)cc(=O)c3c(O)c2O)OC(C(=O)O)C1O. The van der Waals surface area contributed by atoms with Gasteiger partial charge in [0.15, 0.2) is 29.0 Å². The fraction of sp³-hybridized carbons (Fsp3) is 0.324. The zero-order valence-electron chi connectivity index (χ0n) is 28.4. The van der Waals surface area contributed by atoms with Crippen molar-refractivity contribution in [2.75, 3.05) is 12.3 Å². The first-order chi connectivity index (χ1) is 25.8. The summed E-state index contributed by atoms with van der Waals surface area (Å²) in [5.74, 6) is -3.16.